The Morgan fingerprint density at radius 2 is 2.10 bits per heavy atom. The lowest BCUT2D eigenvalue weighted by atomic mass is 9.99. The molecule has 2 rings (SSSR count). The molecule has 2 aliphatic rings. The summed E-state index contributed by atoms with van der Waals surface area (Å²) in [6.45, 7) is 11.3. The number of aliphatic hydroxyl groups excluding tert-OH is 1. The molecule has 0 aromatic heterocycles. The zero-order valence-electron chi connectivity index (χ0n) is 13.3. The predicted octanol–water partition coefficient (Wildman–Crippen LogP) is 1.58. The molecule has 2 atom stereocenters. The Morgan fingerprint density at radius 3 is 2.85 bits per heavy atom. The fraction of sp³-hybridized carbons (Fsp3) is 1.00. The number of morpholine rings is 1. The van der Waals surface area contributed by atoms with E-state index in [0.717, 1.165) is 38.6 Å². The highest BCUT2D eigenvalue weighted by atomic mass is 16.5. The minimum atomic E-state index is 0.312. The molecule has 4 nitrogen and oxygen atoms in total. The van der Waals surface area contributed by atoms with Crippen molar-refractivity contribution in [1.29, 1.82) is 0 Å². The van der Waals surface area contributed by atoms with Crippen molar-refractivity contribution in [1.82, 2.24) is 9.80 Å². The molecule has 2 aliphatic heterocycles. The molecule has 2 fully saturated rings. The maximum atomic E-state index is 9.22. The minimum absolute atomic E-state index is 0.312. The zero-order valence-corrected chi connectivity index (χ0v) is 13.3. The molecule has 0 spiro atoms. The summed E-state index contributed by atoms with van der Waals surface area (Å²) in [5.41, 5.74) is 0. The highest BCUT2D eigenvalue weighted by Gasteiger charge is 2.27. The second kappa shape index (κ2) is 8.32. The van der Waals surface area contributed by atoms with Crippen LogP contribution in [0.25, 0.3) is 0 Å². The first-order chi connectivity index (χ1) is 9.69. The molecular formula is C16H32N2O2. The molecule has 0 radical (unpaired) electrons. The molecule has 0 bridgehead atoms. The van der Waals surface area contributed by atoms with Gasteiger partial charge in [-0.2, -0.15) is 0 Å². The van der Waals surface area contributed by atoms with Crippen LogP contribution >= 0.6 is 0 Å². The third-order valence-electron chi connectivity index (χ3n) is 4.50. The van der Waals surface area contributed by atoms with Gasteiger partial charge in [0.25, 0.3) is 0 Å². The van der Waals surface area contributed by atoms with E-state index in [1.165, 1.54) is 32.4 Å². The van der Waals surface area contributed by atoms with Gasteiger partial charge in [0, 0.05) is 38.8 Å². The number of rotatable bonds is 6. The van der Waals surface area contributed by atoms with Crippen molar-refractivity contribution < 1.29 is 9.84 Å². The molecule has 2 saturated heterocycles. The van der Waals surface area contributed by atoms with Gasteiger partial charge in [-0.3, -0.25) is 9.80 Å². The fourth-order valence-electron chi connectivity index (χ4n) is 3.61. The molecule has 20 heavy (non-hydrogen) atoms. The van der Waals surface area contributed by atoms with Crippen LogP contribution in [0.15, 0.2) is 0 Å². The lowest BCUT2D eigenvalue weighted by Gasteiger charge is -2.40. The summed E-state index contributed by atoms with van der Waals surface area (Å²) in [6.07, 6.45) is 5.11. The molecular weight excluding hydrogens is 252 g/mol. The highest BCUT2D eigenvalue weighted by molar-refractivity contribution is 4.82. The van der Waals surface area contributed by atoms with Crippen LogP contribution in [0.4, 0.5) is 0 Å². The Kier molecular flexibility index (Phi) is 6.75. The van der Waals surface area contributed by atoms with Gasteiger partial charge in [-0.05, 0) is 31.7 Å². The number of aliphatic hydroxyl groups is 1. The van der Waals surface area contributed by atoms with Crippen molar-refractivity contribution in [2.75, 3.05) is 45.9 Å². The summed E-state index contributed by atoms with van der Waals surface area (Å²) in [5.74, 6) is 0.728. The van der Waals surface area contributed by atoms with E-state index in [9.17, 15) is 5.11 Å². The van der Waals surface area contributed by atoms with Gasteiger partial charge in [0.05, 0.1) is 12.7 Å². The number of likely N-dealkylation sites (tertiary alicyclic amines) is 1. The highest BCUT2D eigenvalue weighted by Crippen LogP contribution is 2.21. The summed E-state index contributed by atoms with van der Waals surface area (Å²) in [5, 5.41) is 9.22. The zero-order chi connectivity index (χ0) is 14.4. The van der Waals surface area contributed by atoms with Crippen molar-refractivity contribution in [2.24, 2.45) is 5.92 Å². The Bertz CT molecular complexity index is 271. The molecule has 0 saturated carbocycles. The van der Waals surface area contributed by atoms with Gasteiger partial charge >= 0.3 is 0 Å². The lowest BCUT2D eigenvalue weighted by molar-refractivity contribution is -0.0558. The van der Waals surface area contributed by atoms with E-state index in [-0.39, 0.29) is 0 Å². The van der Waals surface area contributed by atoms with E-state index in [0.29, 0.717) is 18.8 Å². The summed E-state index contributed by atoms with van der Waals surface area (Å²) < 4.78 is 5.97. The molecule has 1 N–H and O–H groups in total. The van der Waals surface area contributed by atoms with Crippen molar-refractivity contribution in [2.45, 2.75) is 51.7 Å². The topological polar surface area (TPSA) is 35.9 Å². The van der Waals surface area contributed by atoms with Crippen LogP contribution in [0, 0.1) is 5.92 Å². The number of nitrogens with zero attached hydrogens (tertiary/aromatic N) is 2. The van der Waals surface area contributed by atoms with E-state index < -0.39 is 0 Å². The second-order valence-electron chi connectivity index (χ2n) is 6.80. The normalized spacial score (nSPS) is 30.0. The van der Waals surface area contributed by atoms with Crippen molar-refractivity contribution in [3.05, 3.63) is 0 Å². The van der Waals surface area contributed by atoms with Crippen molar-refractivity contribution >= 4 is 0 Å². The van der Waals surface area contributed by atoms with Gasteiger partial charge in [0.15, 0.2) is 0 Å². The van der Waals surface area contributed by atoms with Crippen LogP contribution in [-0.2, 0) is 4.74 Å². The van der Waals surface area contributed by atoms with E-state index in [2.05, 4.69) is 23.6 Å². The first-order valence-electron chi connectivity index (χ1n) is 8.38. The average Bonchev–Trinajstić information content (AvgIpc) is 2.41. The van der Waals surface area contributed by atoms with Crippen LogP contribution in [0.2, 0.25) is 0 Å². The first kappa shape index (κ1) is 16.2. The lowest BCUT2D eigenvalue weighted by Crippen LogP contribution is -2.51. The summed E-state index contributed by atoms with van der Waals surface area (Å²) in [4.78, 5) is 5.10. The number of ether oxygens (including phenoxy) is 1. The standard InChI is InChI=1S/C16H32N2O2/c1-14(2)11-17-8-10-20-16(12-17)13-18-7-4-3-5-15(18)6-9-19/h14-16,19H,3-13H2,1-2H3. The first-order valence-corrected chi connectivity index (χ1v) is 8.38. The Hall–Kier alpha value is -0.160. The van der Waals surface area contributed by atoms with Gasteiger partial charge in [-0.1, -0.05) is 20.3 Å². The summed E-state index contributed by atoms with van der Waals surface area (Å²) in [6, 6.07) is 0.567. The van der Waals surface area contributed by atoms with Crippen LogP contribution in [-0.4, -0.2) is 73.0 Å². The van der Waals surface area contributed by atoms with Gasteiger partial charge in [-0.25, -0.2) is 0 Å². The maximum Gasteiger partial charge on any atom is 0.0829 e. The molecule has 118 valence electrons. The maximum absolute atomic E-state index is 9.22. The van der Waals surface area contributed by atoms with Gasteiger partial charge < -0.3 is 9.84 Å². The van der Waals surface area contributed by atoms with Gasteiger partial charge in [0.1, 0.15) is 0 Å². The second-order valence-corrected chi connectivity index (χ2v) is 6.80. The largest absolute Gasteiger partial charge is 0.396 e. The molecule has 0 amide bonds. The molecule has 2 heterocycles. The van der Waals surface area contributed by atoms with Crippen molar-refractivity contribution in [3.63, 3.8) is 0 Å². The van der Waals surface area contributed by atoms with E-state index in [1.807, 2.05) is 0 Å². The van der Waals surface area contributed by atoms with Crippen LogP contribution < -0.4 is 0 Å². The monoisotopic (exact) mass is 284 g/mol. The number of piperidine rings is 1. The molecule has 0 aromatic rings. The number of hydrogen-bond donors (Lipinski definition) is 1. The van der Waals surface area contributed by atoms with Gasteiger partial charge in [0.2, 0.25) is 0 Å². The minimum Gasteiger partial charge on any atom is -0.396 e. The Labute approximate surface area is 124 Å². The number of hydrogen-bond acceptors (Lipinski definition) is 4. The van der Waals surface area contributed by atoms with Crippen LogP contribution in [0.5, 0.6) is 0 Å². The quantitative estimate of drug-likeness (QED) is 0.803. The smallest absolute Gasteiger partial charge is 0.0829 e. The fourth-order valence-corrected chi connectivity index (χ4v) is 3.61. The van der Waals surface area contributed by atoms with Crippen molar-refractivity contribution in [3.8, 4) is 0 Å². The van der Waals surface area contributed by atoms with Gasteiger partial charge in [-0.15, -0.1) is 0 Å². The third-order valence-corrected chi connectivity index (χ3v) is 4.50. The SMILES string of the molecule is CC(C)CN1CCOC(CN2CCCCC2CCO)C1. The molecule has 0 aromatic carbocycles. The van der Waals surface area contributed by atoms with E-state index >= 15 is 0 Å². The summed E-state index contributed by atoms with van der Waals surface area (Å²) >= 11 is 0. The molecule has 2 unspecified atom stereocenters. The van der Waals surface area contributed by atoms with Crippen LogP contribution in [0.3, 0.4) is 0 Å². The van der Waals surface area contributed by atoms with E-state index in [1.54, 1.807) is 0 Å². The molecule has 4 heteroatoms. The van der Waals surface area contributed by atoms with E-state index in [4.69, 9.17) is 4.74 Å². The summed E-state index contributed by atoms with van der Waals surface area (Å²) in [7, 11) is 0. The Morgan fingerprint density at radius 1 is 1.25 bits per heavy atom. The third kappa shape index (κ3) is 4.99. The molecule has 0 aliphatic carbocycles. The van der Waals surface area contributed by atoms with Crippen LogP contribution in [0.1, 0.15) is 39.5 Å². The average molecular weight is 284 g/mol. The Balaban J connectivity index is 1.81. The predicted molar refractivity (Wildman–Crippen MR) is 81.9 cm³/mol.